The van der Waals surface area contributed by atoms with Crippen molar-refractivity contribution in [2.24, 2.45) is 0 Å². The van der Waals surface area contributed by atoms with E-state index in [9.17, 15) is 4.21 Å². The van der Waals surface area contributed by atoms with Gasteiger partial charge in [0, 0.05) is 15.7 Å². The molecular weight excluding hydrogens is 240 g/mol. The lowest BCUT2D eigenvalue weighted by Crippen LogP contribution is -2.12. The summed E-state index contributed by atoms with van der Waals surface area (Å²) >= 11 is 0. The average molecular weight is 258 g/mol. The second kappa shape index (κ2) is 5.49. The molecule has 0 spiro atoms. The van der Waals surface area contributed by atoms with Crippen LogP contribution in [0, 0.1) is 0 Å². The smallest absolute Gasteiger partial charge is 0.0855 e. The van der Waals surface area contributed by atoms with Gasteiger partial charge in [-0.25, -0.2) is 4.21 Å². The van der Waals surface area contributed by atoms with Crippen LogP contribution in [0.15, 0.2) is 58.3 Å². The third-order valence-corrected chi connectivity index (χ3v) is 4.71. The van der Waals surface area contributed by atoms with Crippen molar-refractivity contribution in [3.63, 3.8) is 0 Å². The molecule has 0 radical (unpaired) electrons. The van der Waals surface area contributed by atoms with Gasteiger partial charge in [-0.2, -0.15) is 0 Å². The summed E-state index contributed by atoms with van der Waals surface area (Å²) in [7, 11) is -1.01. The molecule has 0 unspecified atom stereocenters. The summed E-state index contributed by atoms with van der Waals surface area (Å²) in [5.74, 6) is 0.338. The number of fused-ring (bicyclic) bond motifs is 2. The van der Waals surface area contributed by atoms with Crippen LogP contribution in [-0.2, 0) is 10.8 Å². The van der Waals surface area contributed by atoms with Crippen molar-refractivity contribution in [2.75, 3.05) is 0 Å². The molecule has 0 saturated carbocycles. The maximum atomic E-state index is 12.4. The molecule has 2 aromatic rings. The molecule has 94 valence electrons. The Bertz CT molecular complexity index is 525. The Hall–Kier alpha value is -1.41. The number of hydrogen-bond donors (Lipinski definition) is 0. The van der Waals surface area contributed by atoms with Gasteiger partial charge in [-0.1, -0.05) is 57.2 Å². The SMILES string of the molecule is CC.CC1c2ccccc2S(=O)c2ccccc21. The van der Waals surface area contributed by atoms with E-state index >= 15 is 0 Å². The highest BCUT2D eigenvalue weighted by atomic mass is 32.2. The molecule has 0 atom stereocenters. The van der Waals surface area contributed by atoms with Gasteiger partial charge >= 0.3 is 0 Å². The third kappa shape index (κ3) is 2.01. The van der Waals surface area contributed by atoms with Crippen LogP contribution in [0.1, 0.15) is 37.8 Å². The Morgan fingerprint density at radius 3 is 1.67 bits per heavy atom. The first kappa shape index (κ1) is 13.0. The molecular formula is C16H18OS. The Morgan fingerprint density at radius 2 is 1.22 bits per heavy atom. The van der Waals surface area contributed by atoms with Gasteiger partial charge in [-0.3, -0.25) is 0 Å². The lowest BCUT2D eigenvalue weighted by molar-refractivity contribution is 0.675. The average Bonchev–Trinajstić information content (AvgIpc) is 2.47. The largest absolute Gasteiger partial charge is 0.249 e. The van der Waals surface area contributed by atoms with E-state index in [1.807, 2.05) is 50.2 Å². The molecule has 18 heavy (non-hydrogen) atoms. The van der Waals surface area contributed by atoms with Crippen LogP contribution in [0.4, 0.5) is 0 Å². The van der Waals surface area contributed by atoms with E-state index in [2.05, 4.69) is 19.1 Å². The standard InChI is InChI=1S/C14H12OS.C2H6/c1-10-11-6-2-4-8-13(11)16(15)14-9-5-3-7-12(10)14;1-2/h2-10H,1H3;1-2H3. The lowest BCUT2D eigenvalue weighted by atomic mass is 9.93. The van der Waals surface area contributed by atoms with Crippen molar-refractivity contribution in [1.82, 2.24) is 0 Å². The van der Waals surface area contributed by atoms with Gasteiger partial charge < -0.3 is 0 Å². The molecule has 0 fully saturated rings. The van der Waals surface area contributed by atoms with Gasteiger partial charge in [0.1, 0.15) is 0 Å². The highest BCUT2D eigenvalue weighted by molar-refractivity contribution is 7.85. The predicted octanol–water partition coefficient (Wildman–Crippen LogP) is 4.34. The molecule has 0 saturated heterocycles. The normalized spacial score (nSPS) is 20.2. The van der Waals surface area contributed by atoms with Crippen LogP contribution in [0.2, 0.25) is 0 Å². The van der Waals surface area contributed by atoms with Gasteiger partial charge in [-0.15, -0.1) is 0 Å². The molecule has 0 aliphatic carbocycles. The molecule has 2 aromatic carbocycles. The molecule has 0 aromatic heterocycles. The zero-order valence-electron chi connectivity index (χ0n) is 11.0. The minimum Gasteiger partial charge on any atom is -0.249 e. The summed E-state index contributed by atoms with van der Waals surface area (Å²) in [4.78, 5) is 1.93. The quantitative estimate of drug-likeness (QED) is 0.687. The van der Waals surface area contributed by atoms with E-state index < -0.39 is 10.8 Å². The van der Waals surface area contributed by atoms with Crippen LogP contribution in [0.3, 0.4) is 0 Å². The van der Waals surface area contributed by atoms with Crippen molar-refractivity contribution in [3.05, 3.63) is 59.7 Å². The topological polar surface area (TPSA) is 17.1 Å². The van der Waals surface area contributed by atoms with Gasteiger partial charge in [0.15, 0.2) is 0 Å². The van der Waals surface area contributed by atoms with Gasteiger partial charge in [0.2, 0.25) is 0 Å². The Labute approximate surface area is 111 Å². The molecule has 0 amide bonds. The fourth-order valence-electron chi connectivity index (χ4n) is 2.30. The summed E-state index contributed by atoms with van der Waals surface area (Å²) in [5.41, 5.74) is 2.39. The van der Waals surface area contributed by atoms with Crippen molar-refractivity contribution < 1.29 is 4.21 Å². The Kier molecular flexibility index (Phi) is 3.97. The second-order valence-electron chi connectivity index (χ2n) is 4.07. The van der Waals surface area contributed by atoms with E-state index in [0.717, 1.165) is 9.79 Å². The first-order chi connectivity index (χ1) is 8.79. The highest BCUT2D eigenvalue weighted by Gasteiger charge is 2.26. The van der Waals surface area contributed by atoms with Crippen LogP contribution in [-0.4, -0.2) is 4.21 Å². The summed E-state index contributed by atoms with van der Waals surface area (Å²) in [6.07, 6.45) is 0. The van der Waals surface area contributed by atoms with Crippen molar-refractivity contribution >= 4 is 10.8 Å². The fourth-order valence-corrected chi connectivity index (χ4v) is 3.86. The molecule has 1 heterocycles. The maximum absolute atomic E-state index is 12.4. The van der Waals surface area contributed by atoms with Crippen molar-refractivity contribution in [1.29, 1.82) is 0 Å². The minimum absolute atomic E-state index is 0.338. The lowest BCUT2D eigenvalue weighted by Gasteiger charge is -2.24. The third-order valence-electron chi connectivity index (χ3n) is 3.17. The number of rotatable bonds is 0. The minimum atomic E-state index is -1.01. The summed E-state index contributed by atoms with van der Waals surface area (Å²) in [6.45, 7) is 6.17. The van der Waals surface area contributed by atoms with Crippen LogP contribution in [0.5, 0.6) is 0 Å². The zero-order valence-corrected chi connectivity index (χ0v) is 11.8. The molecule has 0 bridgehead atoms. The molecule has 2 heteroatoms. The van der Waals surface area contributed by atoms with E-state index in [-0.39, 0.29) is 0 Å². The maximum Gasteiger partial charge on any atom is 0.0855 e. The van der Waals surface area contributed by atoms with Crippen molar-refractivity contribution in [3.8, 4) is 0 Å². The number of benzene rings is 2. The zero-order chi connectivity index (χ0) is 13.1. The summed E-state index contributed by atoms with van der Waals surface area (Å²) in [6, 6.07) is 16.0. The summed E-state index contributed by atoms with van der Waals surface area (Å²) < 4.78 is 12.4. The van der Waals surface area contributed by atoms with Crippen molar-refractivity contribution in [2.45, 2.75) is 36.5 Å². The van der Waals surface area contributed by atoms with E-state index in [0.29, 0.717) is 5.92 Å². The van der Waals surface area contributed by atoms with Crippen LogP contribution >= 0.6 is 0 Å². The van der Waals surface area contributed by atoms with Gasteiger partial charge in [-0.05, 0) is 23.3 Å². The Balaban J connectivity index is 0.000000574. The van der Waals surface area contributed by atoms with Gasteiger partial charge in [0.05, 0.1) is 10.8 Å². The van der Waals surface area contributed by atoms with E-state index in [1.54, 1.807) is 0 Å². The number of hydrogen-bond acceptors (Lipinski definition) is 1. The van der Waals surface area contributed by atoms with Crippen LogP contribution < -0.4 is 0 Å². The Morgan fingerprint density at radius 1 is 0.833 bits per heavy atom. The van der Waals surface area contributed by atoms with E-state index in [1.165, 1.54) is 11.1 Å². The molecule has 1 aliphatic rings. The van der Waals surface area contributed by atoms with Gasteiger partial charge in [0.25, 0.3) is 0 Å². The first-order valence-corrected chi connectivity index (χ1v) is 7.53. The molecule has 0 N–H and O–H groups in total. The van der Waals surface area contributed by atoms with Crippen LogP contribution in [0.25, 0.3) is 0 Å². The molecule has 1 nitrogen and oxygen atoms in total. The summed E-state index contributed by atoms with van der Waals surface area (Å²) in [5, 5.41) is 0. The molecule has 3 rings (SSSR count). The highest BCUT2D eigenvalue weighted by Crippen LogP contribution is 2.38. The fraction of sp³-hybridized carbons (Fsp3) is 0.250. The van der Waals surface area contributed by atoms with E-state index in [4.69, 9.17) is 0 Å². The first-order valence-electron chi connectivity index (χ1n) is 6.38. The predicted molar refractivity (Wildman–Crippen MR) is 76.4 cm³/mol. The monoisotopic (exact) mass is 258 g/mol. The second-order valence-corrected chi connectivity index (χ2v) is 5.48. The molecule has 1 aliphatic heterocycles.